The number of aliphatic hydroxyl groups is 2. The number of fused-ring (bicyclic) bond motifs is 1. The van der Waals surface area contributed by atoms with Crippen LogP contribution >= 0.6 is 11.6 Å². The molecule has 7 heteroatoms. The molecule has 0 bridgehead atoms. The molecule has 2 fully saturated rings. The Bertz CT molecular complexity index is 1180. The molecule has 3 aliphatic rings. The minimum atomic E-state index is -0.865. The number of amides is 1. The normalized spacial score (nSPS) is 23.9. The van der Waals surface area contributed by atoms with E-state index in [1.54, 1.807) is 11.0 Å². The monoisotopic (exact) mass is 552 g/mol. The maximum atomic E-state index is 12.5. The van der Waals surface area contributed by atoms with Gasteiger partial charge in [0, 0.05) is 37.1 Å². The van der Waals surface area contributed by atoms with Gasteiger partial charge in [-0.3, -0.25) is 4.79 Å². The number of nitrogens with zero attached hydrogens (tertiary/aromatic N) is 2. The number of rotatable bonds is 10. The van der Waals surface area contributed by atoms with E-state index in [0.717, 1.165) is 80.3 Å². The number of carbonyl (C=O) groups excluding carboxylic acids is 1. The Labute approximate surface area is 237 Å². The molecule has 2 N–H and O–H groups in total. The fourth-order valence-electron chi connectivity index (χ4n) is 6.24. The standard InChI is InChI=1S/C32H41ClN2O4/c1-3-6-21-15-25(33)9-11-26(21)24-19-35(18-23-7-10-27(23)29(36)4-2)28-16-22(8-12-31(28)39-20-24)30(37)17-32(38)34-13-5-14-34/h4,8-9,11-12,15-16,23-24,27,29-30,36-37H,2-3,5-7,10,13-14,17-20H2,1H3. The third-order valence-electron chi connectivity index (χ3n) is 8.84. The highest BCUT2D eigenvalue weighted by Crippen LogP contribution is 2.43. The lowest BCUT2D eigenvalue weighted by molar-refractivity contribution is -0.136. The van der Waals surface area contributed by atoms with Crippen LogP contribution in [0.2, 0.25) is 5.02 Å². The van der Waals surface area contributed by atoms with Gasteiger partial charge in [0.1, 0.15) is 5.75 Å². The summed E-state index contributed by atoms with van der Waals surface area (Å²) in [6, 6.07) is 12.0. The highest BCUT2D eigenvalue weighted by molar-refractivity contribution is 6.30. The van der Waals surface area contributed by atoms with Crippen molar-refractivity contribution in [2.75, 3.05) is 37.7 Å². The van der Waals surface area contributed by atoms with Crippen LogP contribution in [0.5, 0.6) is 5.75 Å². The Morgan fingerprint density at radius 1 is 1.21 bits per heavy atom. The van der Waals surface area contributed by atoms with Crippen molar-refractivity contribution in [2.45, 2.75) is 63.6 Å². The summed E-state index contributed by atoms with van der Waals surface area (Å²) in [7, 11) is 0. The second kappa shape index (κ2) is 12.3. The molecule has 2 aromatic carbocycles. The zero-order chi connectivity index (χ0) is 27.5. The van der Waals surface area contributed by atoms with Crippen molar-refractivity contribution in [3.8, 4) is 5.75 Å². The van der Waals surface area contributed by atoms with Gasteiger partial charge >= 0.3 is 0 Å². The summed E-state index contributed by atoms with van der Waals surface area (Å²) in [5, 5.41) is 22.2. The van der Waals surface area contributed by atoms with Gasteiger partial charge in [-0.1, -0.05) is 43.2 Å². The first-order chi connectivity index (χ1) is 18.9. The van der Waals surface area contributed by atoms with E-state index in [1.807, 2.05) is 24.3 Å². The first kappa shape index (κ1) is 28.0. The largest absolute Gasteiger partial charge is 0.491 e. The Morgan fingerprint density at radius 2 is 2.03 bits per heavy atom. The summed E-state index contributed by atoms with van der Waals surface area (Å²) < 4.78 is 6.42. The lowest BCUT2D eigenvalue weighted by Crippen LogP contribution is -2.43. The quantitative estimate of drug-likeness (QED) is 0.381. The Kier molecular flexibility index (Phi) is 8.85. The summed E-state index contributed by atoms with van der Waals surface area (Å²) in [6.45, 7) is 9.62. The van der Waals surface area contributed by atoms with Crippen LogP contribution in [-0.2, 0) is 11.2 Å². The van der Waals surface area contributed by atoms with Gasteiger partial charge in [0.15, 0.2) is 0 Å². The van der Waals surface area contributed by atoms with Crippen molar-refractivity contribution >= 4 is 23.2 Å². The van der Waals surface area contributed by atoms with Crippen LogP contribution in [0, 0.1) is 11.8 Å². The Balaban J connectivity index is 1.44. The average Bonchev–Trinajstić information content (AvgIpc) is 3.04. The van der Waals surface area contributed by atoms with E-state index >= 15 is 0 Å². The van der Waals surface area contributed by atoms with Gasteiger partial charge in [-0.25, -0.2) is 0 Å². The molecule has 1 amide bonds. The van der Waals surface area contributed by atoms with Crippen molar-refractivity contribution in [3.63, 3.8) is 0 Å². The zero-order valence-corrected chi connectivity index (χ0v) is 23.7. The van der Waals surface area contributed by atoms with Gasteiger partial charge in [-0.15, -0.1) is 6.58 Å². The second-order valence-corrected chi connectivity index (χ2v) is 11.9. The number of benzene rings is 2. The molecule has 5 atom stereocenters. The number of aryl methyl sites for hydroxylation is 1. The van der Waals surface area contributed by atoms with Gasteiger partial charge < -0.3 is 24.7 Å². The predicted molar refractivity (Wildman–Crippen MR) is 156 cm³/mol. The van der Waals surface area contributed by atoms with Gasteiger partial charge in [0.05, 0.1) is 30.9 Å². The summed E-state index contributed by atoms with van der Waals surface area (Å²) in [4.78, 5) is 16.7. The van der Waals surface area contributed by atoms with Gasteiger partial charge in [0.2, 0.25) is 5.91 Å². The smallest absolute Gasteiger partial charge is 0.225 e. The van der Waals surface area contributed by atoms with Crippen LogP contribution in [0.4, 0.5) is 5.69 Å². The molecule has 0 radical (unpaired) electrons. The minimum Gasteiger partial charge on any atom is -0.491 e. The predicted octanol–water partition coefficient (Wildman–Crippen LogP) is 5.50. The summed E-state index contributed by atoms with van der Waals surface area (Å²) in [6.07, 6.45) is 5.44. The molecule has 2 aliphatic heterocycles. The summed E-state index contributed by atoms with van der Waals surface area (Å²) in [5.74, 6) is 1.46. The molecule has 0 spiro atoms. The molecule has 1 saturated carbocycles. The zero-order valence-electron chi connectivity index (χ0n) is 22.9. The third-order valence-corrected chi connectivity index (χ3v) is 9.08. The van der Waals surface area contributed by atoms with E-state index in [1.165, 1.54) is 11.1 Å². The fraction of sp³-hybridized carbons (Fsp3) is 0.531. The number of aliphatic hydroxyl groups excluding tert-OH is 2. The van der Waals surface area contributed by atoms with Crippen molar-refractivity contribution < 1.29 is 19.7 Å². The van der Waals surface area contributed by atoms with Crippen LogP contribution in [0.1, 0.15) is 67.7 Å². The van der Waals surface area contributed by atoms with Crippen LogP contribution in [-0.4, -0.2) is 59.9 Å². The van der Waals surface area contributed by atoms with Crippen molar-refractivity contribution in [1.29, 1.82) is 0 Å². The molecule has 5 rings (SSSR count). The lowest BCUT2D eigenvalue weighted by atomic mass is 9.70. The molecule has 0 aromatic heterocycles. The molecule has 1 aliphatic carbocycles. The SMILES string of the molecule is C=CC(O)C1CCC1CN1CC(c2ccc(Cl)cc2CCC)COc2ccc(C(O)CC(=O)N3CCC3)cc21. The molecule has 210 valence electrons. The van der Waals surface area contributed by atoms with Crippen LogP contribution < -0.4 is 9.64 Å². The maximum Gasteiger partial charge on any atom is 0.225 e. The molecule has 1 saturated heterocycles. The number of hydrogen-bond donors (Lipinski definition) is 2. The van der Waals surface area contributed by atoms with Crippen LogP contribution in [0.3, 0.4) is 0 Å². The molecule has 2 heterocycles. The lowest BCUT2D eigenvalue weighted by Gasteiger charge is -2.42. The first-order valence-corrected chi connectivity index (χ1v) is 14.8. The maximum absolute atomic E-state index is 12.5. The number of carbonyl (C=O) groups is 1. The number of anilines is 1. The number of likely N-dealkylation sites (tertiary alicyclic amines) is 1. The van der Waals surface area contributed by atoms with E-state index < -0.39 is 12.2 Å². The van der Waals surface area contributed by atoms with E-state index in [9.17, 15) is 15.0 Å². The van der Waals surface area contributed by atoms with Crippen LogP contribution in [0.25, 0.3) is 0 Å². The van der Waals surface area contributed by atoms with Crippen molar-refractivity contribution in [1.82, 2.24) is 4.90 Å². The van der Waals surface area contributed by atoms with Crippen molar-refractivity contribution in [3.05, 3.63) is 70.8 Å². The molecule has 2 aromatic rings. The van der Waals surface area contributed by atoms with Gasteiger partial charge in [0.25, 0.3) is 0 Å². The number of ether oxygens (including phenoxy) is 1. The number of halogens is 1. The Morgan fingerprint density at radius 3 is 2.69 bits per heavy atom. The molecule has 39 heavy (non-hydrogen) atoms. The average molecular weight is 553 g/mol. The molecule has 5 unspecified atom stereocenters. The second-order valence-electron chi connectivity index (χ2n) is 11.4. The highest BCUT2D eigenvalue weighted by Gasteiger charge is 2.38. The summed E-state index contributed by atoms with van der Waals surface area (Å²) >= 11 is 6.37. The Hall–Kier alpha value is -2.54. The van der Waals surface area contributed by atoms with E-state index in [-0.39, 0.29) is 24.2 Å². The van der Waals surface area contributed by atoms with E-state index in [2.05, 4.69) is 30.5 Å². The van der Waals surface area contributed by atoms with E-state index in [0.29, 0.717) is 12.5 Å². The third kappa shape index (κ3) is 6.13. The van der Waals surface area contributed by atoms with Crippen molar-refractivity contribution in [2.24, 2.45) is 11.8 Å². The highest BCUT2D eigenvalue weighted by atomic mass is 35.5. The first-order valence-electron chi connectivity index (χ1n) is 14.4. The van der Waals surface area contributed by atoms with Crippen LogP contribution in [0.15, 0.2) is 49.1 Å². The minimum absolute atomic E-state index is 0.00113. The molecule has 6 nitrogen and oxygen atoms in total. The number of hydrogen-bond acceptors (Lipinski definition) is 5. The fourth-order valence-corrected chi connectivity index (χ4v) is 6.44. The van der Waals surface area contributed by atoms with E-state index in [4.69, 9.17) is 16.3 Å². The molecular formula is C32H41ClN2O4. The van der Waals surface area contributed by atoms with Gasteiger partial charge in [-0.05, 0) is 78.5 Å². The topological polar surface area (TPSA) is 73.2 Å². The summed E-state index contributed by atoms with van der Waals surface area (Å²) in [5.41, 5.74) is 4.18. The van der Waals surface area contributed by atoms with Gasteiger partial charge in [-0.2, -0.15) is 0 Å². The molecular weight excluding hydrogens is 512 g/mol.